The quantitative estimate of drug-likeness (QED) is 0.198. The van der Waals surface area contributed by atoms with Crippen molar-refractivity contribution in [1.82, 2.24) is 10.7 Å². The Morgan fingerprint density at radius 3 is 2.69 bits per heavy atom. The van der Waals surface area contributed by atoms with Crippen LogP contribution in [0.3, 0.4) is 0 Å². The van der Waals surface area contributed by atoms with Gasteiger partial charge in [0.05, 0.1) is 6.21 Å². The number of ether oxygens (including phenoxy) is 2. The molecule has 0 unspecified atom stereocenters. The number of methoxy groups -OCH3 is 1. The third-order valence-electron chi connectivity index (χ3n) is 4.09. The van der Waals surface area contributed by atoms with Crippen LogP contribution < -0.4 is 20.8 Å². The molecule has 0 aromatic heterocycles. The molecule has 0 aliphatic carbocycles. The van der Waals surface area contributed by atoms with Crippen molar-refractivity contribution < 1.29 is 23.9 Å². The highest BCUT2D eigenvalue weighted by Crippen LogP contribution is 2.20. The van der Waals surface area contributed by atoms with E-state index < -0.39 is 11.8 Å². The Kier molecular flexibility index (Phi) is 10.3. The number of halogens is 1. The fourth-order valence-electron chi connectivity index (χ4n) is 2.50. The van der Waals surface area contributed by atoms with Gasteiger partial charge in [-0.1, -0.05) is 28.1 Å². The summed E-state index contributed by atoms with van der Waals surface area (Å²) in [5.74, 6) is -1.48. The number of hydrazone groups is 1. The molecule has 0 aliphatic heterocycles. The molecule has 170 valence electrons. The highest BCUT2D eigenvalue weighted by atomic mass is 79.9. The van der Waals surface area contributed by atoms with Crippen LogP contribution >= 0.6 is 15.9 Å². The van der Waals surface area contributed by atoms with Crippen LogP contribution in [0.25, 0.3) is 0 Å². The summed E-state index contributed by atoms with van der Waals surface area (Å²) in [5.41, 5.74) is 4.41. The molecule has 2 rings (SSSR count). The van der Waals surface area contributed by atoms with E-state index >= 15 is 0 Å². The molecule has 0 fully saturated rings. The summed E-state index contributed by atoms with van der Waals surface area (Å²) >= 11 is 3.38. The lowest BCUT2D eigenvalue weighted by molar-refractivity contribution is -0.139. The van der Waals surface area contributed by atoms with Crippen molar-refractivity contribution in [1.29, 1.82) is 0 Å². The number of nitrogens with one attached hydrogen (secondary N) is 3. The van der Waals surface area contributed by atoms with E-state index in [-0.39, 0.29) is 12.5 Å². The average Bonchev–Trinajstić information content (AvgIpc) is 2.77. The maximum Gasteiger partial charge on any atom is 0.329 e. The minimum atomic E-state index is -0.869. The van der Waals surface area contributed by atoms with E-state index in [2.05, 4.69) is 37.1 Å². The molecule has 0 heterocycles. The Morgan fingerprint density at radius 2 is 1.94 bits per heavy atom. The van der Waals surface area contributed by atoms with E-state index in [0.717, 1.165) is 10.0 Å². The third-order valence-corrected chi connectivity index (χ3v) is 4.58. The van der Waals surface area contributed by atoms with Crippen molar-refractivity contribution in [3.63, 3.8) is 0 Å². The molecule has 10 heteroatoms. The van der Waals surface area contributed by atoms with Crippen molar-refractivity contribution in [3.05, 3.63) is 58.1 Å². The lowest BCUT2D eigenvalue weighted by atomic mass is 10.2. The Hall–Kier alpha value is -3.24. The second kappa shape index (κ2) is 13.2. The molecule has 0 radical (unpaired) electrons. The molecule has 0 saturated heterocycles. The molecule has 3 N–H and O–H groups in total. The maximum absolute atomic E-state index is 12.2. The van der Waals surface area contributed by atoms with Gasteiger partial charge in [-0.05, 0) is 54.8 Å². The first-order chi connectivity index (χ1) is 15.4. The van der Waals surface area contributed by atoms with Gasteiger partial charge in [-0.25, -0.2) is 5.43 Å². The molecular formula is C22H25BrN4O5. The third kappa shape index (κ3) is 8.86. The van der Waals surface area contributed by atoms with Crippen LogP contribution in [0.15, 0.2) is 52.0 Å². The molecule has 0 atom stereocenters. The fourth-order valence-corrected chi connectivity index (χ4v) is 2.98. The Balaban J connectivity index is 1.80. The van der Waals surface area contributed by atoms with Gasteiger partial charge in [-0.2, -0.15) is 5.10 Å². The number of benzene rings is 2. The number of anilines is 1. The molecule has 3 amide bonds. The van der Waals surface area contributed by atoms with Crippen molar-refractivity contribution in [2.45, 2.75) is 13.3 Å². The summed E-state index contributed by atoms with van der Waals surface area (Å²) in [7, 11) is 1.56. The first kappa shape index (κ1) is 25.0. The monoisotopic (exact) mass is 504 g/mol. The topological polar surface area (TPSA) is 118 Å². The number of rotatable bonds is 10. The van der Waals surface area contributed by atoms with Gasteiger partial charge in [0.2, 0.25) is 0 Å². The SMILES string of the molecule is COCCCNC(=O)C(=O)N/N=C\c1cccc(OCC(=O)Nc2ccc(Br)cc2C)c1. The summed E-state index contributed by atoms with van der Waals surface area (Å²) in [6.45, 7) is 2.55. The predicted octanol–water partition coefficient (Wildman–Crippen LogP) is 2.38. The zero-order chi connectivity index (χ0) is 23.3. The predicted molar refractivity (Wildman–Crippen MR) is 125 cm³/mol. The first-order valence-electron chi connectivity index (χ1n) is 9.78. The van der Waals surface area contributed by atoms with Crippen LogP contribution in [0.2, 0.25) is 0 Å². The number of amides is 3. The van der Waals surface area contributed by atoms with E-state index in [1.165, 1.54) is 6.21 Å². The number of carbonyl (C=O) groups is 3. The molecule has 0 bridgehead atoms. The molecule has 0 spiro atoms. The van der Waals surface area contributed by atoms with E-state index in [1.54, 1.807) is 31.4 Å². The van der Waals surface area contributed by atoms with Gasteiger partial charge < -0.3 is 20.1 Å². The van der Waals surface area contributed by atoms with Crippen molar-refractivity contribution in [2.75, 3.05) is 32.2 Å². The summed E-state index contributed by atoms with van der Waals surface area (Å²) in [6, 6.07) is 12.4. The summed E-state index contributed by atoms with van der Waals surface area (Å²) < 4.78 is 11.3. The first-order valence-corrected chi connectivity index (χ1v) is 10.6. The second-order valence-corrected chi connectivity index (χ2v) is 7.59. The van der Waals surface area contributed by atoms with E-state index in [9.17, 15) is 14.4 Å². The second-order valence-electron chi connectivity index (χ2n) is 6.67. The van der Waals surface area contributed by atoms with Gasteiger partial charge in [-0.15, -0.1) is 0 Å². The lowest BCUT2D eigenvalue weighted by Gasteiger charge is -2.10. The van der Waals surface area contributed by atoms with Gasteiger partial charge in [-0.3, -0.25) is 14.4 Å². The molecule has 0 aliphatic rings. The van der Waals surface area contributed by atoms with Gasteiger partial charge in [0.15, 0.2) is 6.61 Å². The number of carbonyl (C=O) groups excluding carboxylic acids is 3. The minimum Gasteiger partial charge on any atom is -0.484 e. The zero-order valence-electron chi connectivity index (χ0n) is 17.8. The minimum absolute atomic E-state index is 0.171. The Bertz CT molecular complexity index is 981. The molecule has 9 nitrogen and oxygen atoms in total. The van der Waals surface area contributed by atoms with Gasteiger partial charge in [0.25, 0.3) is 5.91 Å². The van der Waals surface area contributed by atoms with Crippen LogP contribution in [-0.2, 0) is 19.1 Å². The largest absolute Gasteiger partial charge is 0.484 e. The average molecular weight is 505 g/mol. The molecule has 2 aromatic carbocycles. The normalized spacial score (nSPS) is 10.6. The van der Waals surface area contributed by atoms with E-state index in [0.29, 0.717) is 36.6 Å². The molecule has 2 aromatic rings. The van der Waals surface area contributed by atoms with Crippen LogP contribution in [0.1, 0.15) is 17.5 Å². The highest BCUT2D eigenvalue weighted by Gasteiger charge is 2.11. The Morgan fingerprint density at radius 1 is 1.12 bits per heavy atom. The van der Waals surface area contributed by atoms with E-state index in [4.69, 9.17) is 9.47 Å². The summed E-state index contributed by atoms with van der Waals surface area (Å²) in [5, 5.41) is 9.03. The van der Waals surface area contributed by atoms with Gasteiger partial charge in [0, 0.05) is 30.4 Å². The van der Waals surface area contributed by atoms with Crippen molar-refractivity contribution in [2.24, 2.45) is 5.10 Å². The number of hydrogen-bond acceptors (Lipinski definition) is 6. The van der Waals surface area contributed by atoms with Crippen molar-refractivity contribution in [3.8, 4) is 5.75 Å². The number of nitrogens with zero attached hydrogens (tertiary/aromatic N) is 1. The van der Waals surface area contributed by atoms with Gasteiger partial charge >= 0.3 is 11.8 Å². The lowest BCUT2D eigenvalue weighted by Crippen LogP contribution is -2.38. The van der Waals surface area contributed by atoms with Gasteiger partial charge in [0.1, 0.15) is 5.75 Å². The standard InChI is InChI=1S/C22H25BrN4O5/c1-15-11-17(23)7-8-19(15)26-20(28)14-32-18-6-3-5-16(12-18)13-25-27-22(30)21(29)24-9-4-10-31-2/h3,5-8,11-13H,4,9-10,14H2,1-2H3,(H,24,29)(H,26,28)(H,27,30)/b25-13-. The number of aryl methyl sites for hydroxylation is 1. The molecule has 32 heavy (non-hydrogen) atoms. The molecule has 0 saturated carbocycles. The highest BCUT2D eigenvalue weighted by molar-refractivity contribution is 9.10. The summed E-state index contributed by atoms with van der Waals surface area (Å²) in [4.78, 5) is 35.5. The zero-order valence-corrected chi connectivity index (χ0v) is 19.4. The van der Waals surface area contributed by atoms with Crippen molar-refractivity contribution >= 4 is 45.6 Å². The smallest absolute Gasteiger partial charge is 0.329 e. The van der Waals surface area contributed by atoms with Crippen LogP contribution in [0.4, 0.5) is 5.69 Å². The molecular weight excluding hydrogens is 480 g/mol. The number of hydrogen-bond donors (Lipinski definition) is 3. The van der Waals surface area contributed by atoms with E-state index in [1.807, 2.05) is 25.1 Å². The summed E-state index contributed by atoms with van der Waals surface area (Å²) in [6.07, 6.45) is 1.97. The van der Waals surface area contributed by atoms with Crippen LogP contribution in [0, 0.1) is 6.92 Å². The Labute approximate surface area is 194 Å². The van der Waals surface area contributed by atoms with Crippen LogP contribution in [-0.4, -0.2) is 50.8 Å². The fraction of sp³-hybridized carbons (Fsp3) is 0.273. The maximum atomic E-state index is 12.2. The van der Waals surface area contributed by atoms with Crippen LogP contribution in [0.5, 0.6) is 5.75 Å².